The van der Waals surface area contributed by atoms with E-state index in [9.17, 15) is 9.59 Å². The van der Waals surface area contributed by atoms with Crippen molar-refractivity contribution in [3.63, 3.8) is 0 Å². The first-order valence-electron chi connectivity index (χ1n) is 8.38. The number of nitrogens with one attached hydrogen (secondary N) is 1. The van der Waals surface area contributed by atoms with E-state index in [1.807, 2.05) is 61.5 Å². The number of carboxylic acid groups (broad SMARTS) is 1. The zero-order chi connectivity index (χ0) is 18.8. The molecule has 0 radical (unpaired) electrons. The number of carbonyl (C=O) groups excluding carboxylic acids is 1. The number of para-hydroxylation sites is 1. The Kier molecular flexibility index (Phi) is 7.64. The Bertz CT molecular complexity index is 717. The lowest BCUT2D eigenvalue weighted by atomic mass is 9.99. The lowest BCUT2D eigenvalue weighted by Gasteiger charge is -2.19. The van der Waals surface area contributed by atoms with Gasteiger partial charge in [-0.15, -0.1) is 0 Å². The summed E-state index contributed by atoms with van der Waals surface area (Å²) < 4.78 is 10.8. The van der Waals surface area contributed by atoms with E-state index in [0.29, 0.717) is 6.61 Å². The first-order chi connectivity index (χ1) is 12.6. The molecular weight excluding hydrogens is 334 g/mol. The molecule has 0 saturated carbocycles. The van der Waals surface area contributed by atoms with Crippen LogP contribution in [0.25, 0.3) is 0 Å². The van der Waals surface area contributed by atoms with Crippen LogP contribution < -0.4 is 10.1 Å². The van der Waals surface area contributed by atoms with Crippen molar-refractivity contribution >= 4 is 11.9 Å². The van der Waals surface area contributed by atoms with Crippen LogP contribution in [0.2, 0.25) is 0 Å². The molecule has 138 valence electrons. The molecule has 0 spiro atoms. The van der Waals surface area contributed by atoms with Gasteiger partial charge in [-0.1, -0.05) is 42.5 Å². The number of aliphatic carboxylic acids is 1. The molecule has 1 amide bonds. The second-order valence-electron chi connectivity index (χ2n) is 5.79. The van der Waals surface area contributed by atoms with E-state index in [4.69, 9.17) is 14.6 Å². The maximum atomic E-state index is 12.1. The number of carbonyl (C=O) groups is 2. The minimum Gasteiger partial charge on any atom is -0.491 e. The molecule has 2 N–H and O–H groups in total. The van der Waals surface area contributed by atoms with E-state index in [1.54, 1.807) is 0 Å². The summed E-state index contributed by atoms with van der Waals surface area (Å²) in [4.78, 5) is 23.2. The van der Waals surface area contributed by atoms with Gasteiger partial charge in [-0.25, -0.2) is 0 Å². The van der Waals surface area contributed by atoms with Gasteiger partial charge in [0.05, 0.1) is 19.1 Å². The van der Waals surface area contributed by atoms with Gasteiger partial charge in [-0.3, -0.25) is 9.59 Å². The van der Waals surface area contributed by atoms with E-state index in [1.165, 1.54) is 0 Å². The van der Waals surface area contributed by atoms with Crippen molar-refractivity contribution < 1.29 is 24.2 Å². The fourth-order valence-electron chi connectivity index (χ4n) is 2.53. The van der Waals surface area contributed by atoms with Crippen molar-refractivity contribution in [1.82, 2.24) is 5.32 Å². The third kappa shape index (κ3) is 6.57. The van der Waals surface area contributed by atoms with E-state index >= 15 is 0 Å². The van der Waals surface area contributed by atoms with Crippen molar-refractivity contribution in [2.75, 3.05) is 19.8 Å². The summed E-state index contributed by atoms with van der Waals surface area (Å²) in [7, 11) is 0. The quantitative estimate of drug-likeness (QED) is 0.639. The van der Waals surface area contributed by atoms with Crippen molar-refractivity contribution in [1.29, 1.82) is 0 Å². The molecule has 0 bridgehead atoms. The number of aryl methyl sites for hydroxylation is 1. The average molecular weight is 357 g/mol. The summed E-state index contributed by atoms with van der Waals surface area (Å²) >= 11 is 0. The maximum absolute atomic E-state index is 12.1. The van der Waals surface area contributed by atoms with Crippen LogP contribution in [0.4, 0.5) is 0 Å². The van der Waals surface area contributed by atoms with Gasteiger partial charge in [0.1, 0.15) is 19.0 Å². The summed E-state index contributed by atoms with van der Waals surface area (Å²) in [6.07, 6.45) is -0.187. The second-order valence-corrected chi connectivity index (χ2v) is 5.79. The van der Waals surface area contributed by atoms with Crippen molar-refractivity contribution in [3.05, 3.63) is 65.7 Å². The van der Waals surface area contributed by atoms with Crippen LogP contribution in [-0.4, -0.2) is 36.8 Å². The molecule has 1 atom stereocenters. The molecule has 2 aromatic rings. The molecule has 2 rings (SSSR count). The molecular formula is C20H23NO5. The number of hydrogen-bond acceptors (Lipinski definition) is 4. The molecule has 0 aliphatic carbocycles. The van der Waals surface area contributed by atoms with Gasteiger partial charge in [0, 0.05) is 0 Å². The molecule has 6 nitrogen and oxygen atoms in total. The molecule has 26 heavy (non-hydrogen) atoms. The molecule has 1 unspecified atom stereocenters. The van der Waals surface area contributed by atoms with E-state index in [-0.39, 0.29) is 25.5 Å². The van der Waals surface area contributed by atoms with Crippen LogP contribution in [0.3, 0.4) is 0 Å². The van der Waals surface area contributed by atoms with Gasteiger partial charge in [-0.05, 0) is 30.2 Å². The van der Waals surface area contributed by atoms with Crippen LogP contribution in [0.15, 0.2) is 54.6 Å². The predicted octanol–water partition coefficient (Wildman–Crippen LogP) is 2.72. The Labute approximate surface area is 152 Å². The fourth-order valence-corrected chi connectivity index (χ4v) is 2.53. The highest BCUT2D eigenvalue weighted by molar-refractivity contribution is 5.79. The predicted molar refractivity (Wildman–Crippen MR) is 97.1 cm³/mol. The monoisotopic (exact) mass is 357 g/mol. The molecule has 0 aliphatic heterocycles. The zero-order valence-corrected chi connectivity index (χ0v) is 14.7. The molecule has 0 aliphatic rings. The third-order valence-electron chi connectivity index (χ3n) is 3.75. The van der Waals surface area contributed by atoms with E-state index in [0.717, 1.165) is 16.9 Å². The van der Waals surface area contributed by atoms with Gasteiger partial charge in [0.25, 0.3) is 0 Å². The summed E-state index contributed by atoms with van der Waals surface area (Å²) in [5.41, 5.74) is 1.71. The number of rotatable bonds is 10. The van der Waals surface area contributed by atoms with Gasteiger partial charge in [0.15, 0.2) is 0 Å². The highest BCUT2D eigenvalue weighted by Gasteiger charge is 2.19. The van der Waals surface area contributed by atoms with Gasteiger partial charge >= 0.3 is 5.97 Å². The Morgan fingerprint density at radius 2 is 1.73 bits per heavy atom. The first-order valence-corrected chi connectivity index (χ1v) is 8.38. The minimum absolute atomic E-state index is 0.153. The van der Waals surface area contributed by atoms with Gasteiger partial charge in [0.2, 0.25) is 5.91 Å². The topological polar surface area (TPSA) is 84.9 Å². The van der Waals surface area contributed by atoms with Crippen LogP contribution >= 0.6 is 0 Å². The van der Waals surface area contributed by atoms with Gasteiger partial charge < -0.3 is 19.9 Å². The summed E-state index contributed by atoms with van der Waals surface area (Å²) in [5.74, 6) is -0.600. The smallest absolute Gasteiger partial charge is 0.305 e. The highest BCUT2D eigenvalue weighted by Crippen LogP contribution is 2.20. The Morgan fingerprint density at radius 1 is 1.04 bits per heavy atom. The lowest BCUT2D eigenvalue weighted by molar-refractivity contribution is -0.138. The van der Waals surface area contributed by atoms with Crippen molar-refractivity contribution in [2.24, 2.45) is 0 Å². The van der Waals surface area contributed by atoms with Crippen molar-refractivity contribution in [2.45, 2.75) is 19.4 Å². The first kappa shape index (κ1) is 19.5. The lowest BCUT2D eigenvalue weighted by Crippen LogP contribution is -2.33. The standard InChI is InChI=1S/C20H23NO5/c1-15-7-5-6-10-17(15)18(13-20(23)24)21-19(22)14-25-11-12-26-16-8-3-2-4-9-16/h2-10,18H,11-14H2,1H3,(H,21,22)(H,23,24). The Balaban J connectivity index is 1.78. The molecule has 2 aromatic carbocycles. The van der Waals surface area contributed by atoms with Crippen LogP contribution in [0, 0.1) is 6.92 Å². The Morgan fingerprint density at radius 3 is 2.42 bits per heavy atom. The SMILES string of the molecule is Cc1ccccc1C(CC(=O)O)NC(=O)COCCOc1ccccc1. The number of benzene rings is 2. The summed E-state index contributed by atoms with van der Waals surface area (Å²) in [6, 6.07) is 16.1. The molecule has 0 aromatic heterocycles. The number of amides is 1. The zero-order valence-electron chi connectivity index (χ0n) is 14.7. The Hall–Kier alpha value is -2.86. The molecule has 0 heterocycles. The molecule has 6 heteroatoms. The average Bonchev–Trinajstić information content (AvgIpc) is 2.62. The third-order valence-corrected chi connectivity index (χ3v) is 3.75. The number of ether oxygens (including phenoxy) is 2. The number of hydrogen-bond donors (Lipinski definition) is 2. The number of carboxylic acids is 1. The fraction of sp³-hybridized carbons (Fsp3) is 0.300. The minimum atomic E-state index is -0.976. The van der Waals surface area contributed by atoms with Gasteiger partial charge in [-0.2, -0.15) is 0 Å². The van der Waals surface area contributed by atoms with Crippen LogP contribution in [-0.2, 0) is 14.3 Å². The van der Waals surface area contributed by atoms with E-state index in [2.05, 4.69) is 5.32 Å². The van der Waals surface area contributed by atoms with E-state index < -0.39 is 12.0 Å². The van der Waals surface area contributed by atoms with Crippen LogP contribution in [0.1, 0.15) is 23.6 Å². The molecule has 0 fully saturated rings. The summed E-state index contributed by atoms with van der Waals surface area (Å²) in [5, 5.41) is 11.8. The summed E-state index contributed by atoms with van der Waals surface area (Å²) in [6.45, 7) is 2.32. The molecule has 0 saturated heterocycles. The van der Waals surface area contributed by atoms with Crippen molar-refractivity contribution in [3.8, 4) is 5.75 Å². The van der Waals surface area contributed by atoms with Crippen LogP contribution in [0.5, 0.6) is 5.75 Å². The normalized spacial score (nSPS) is 11.6. The maximum Gasteiger partial charge on any atom is 0.305 e. The highest BCUT2D eigenvalue weighted by atomic mass is 16.5. The largest absolute Gasteiger partial charge is 0.491 e. The second kappa shape index (κ2) is 10.2.